The van der Waals surface area contributed by atoms with E-state index in [1.165, 1.54) is 18.2 Å². The first kappa shape index (κ1) is 23.5. The van der Waals surface area contributed by atoms with Gasteiger partial charge in [0.15, 0.2) is 5.54 Å². The van der Waals surface area contributed by atoms with Crippen LogP contribution in [0.2, 0.25) is 0 Å². The molecule has 2 aromatic carbocycles. The van der Waals surface area contributed by atoms with Gasteiger partial charge < -0.3 is 15.3 Å². The number of amides is 4. The zero-order valence-corrected chi connectivity index (χ0v) is 18.0. The van der Waals surface area contributed by atoms with Crippen LogP contribution in [0.1, 0.15) is 30.0 Å². The summed E-state index contributed by atoms with van der Waals surface area (Å²) in [5.41, 5.74) is -0.440. The number of nitrogens with zero attached hydrogens (tertiary/aromatic N) is 2. The van der Waals surface area contributed by atoms with Crippen LogP contribution in [0.3, 0.4) is 0 Å². The fourth-order valence-electron chi connectivity index (χ4n) is 4.47. The highest BCUT2D eigenvalue weighted by molar-refractivity contribution is 6.10. The lowest BCUT2D eigenvalue weighted by Crippen LogP contribution is -2.51. The van der Waals surface area contributed by atoms with Crippen molar-refractivity contribution >= 4 is 17.8 Å². The maximum atomic E-state index is 13.5. The van der Waals surface area contributed by atoms with Crippen molar-refractivity contribution in [1.82, 2.24) is 15.1 Å². The number of aryl methyl sites for hydroxylation is 1. The second kappa shape index (κ2) is 8.30. The molecular formula is C23H21F4N3O4. The Morgan fingerprint density at radius 2 is 1.88 bits per heavy atom. The maximum Gasteiger partial charge on any atom is 0.408 e. The van der Waals surface area contributed by atoms with Crippen molar-refractivity contribution in [1.29, 1.82) is 0 Å². The van der Waals surface area contributed by atoms with Crippen molar-refractivity contribution in [2.45, 2.75) is 44.1 Å². The molecule has 11 heteroatoms. The lowest BCUT2D eigenvalue weighted by molar-refractivity contribution is -0.187. The Morgan fingerprint density at radius 3 is 2.53 bits per heavy atom. The summed E-state index contributed by atoms with van der Waals surface area (Å²) in [5.74, 6) is -2.70. The van der Waals surface area contributed by atoms with E-state index in [4.69, 9.17) is 0 Å². The van der Waals surface area contributed by atoms with Crippen molar-refractivity contribution < 1.29 is 37.1 Å². The van der Waals surface area contributed by atoms with Crippen molar-refractivity contribution in [2.75, 3.05) is 6.54 Å². The van der Waals surface area contributed by atoms with E-state index in [1.54, 1.807) is 12.1 Å². The summed E-state index contributed by atoms with van der Waals surface area (Å²) in [6, 6.07) is 6.12. The number of phenols is 1. The fraction of sp³-hybridized carbons (Fsp3) is 0.348. The average Bonchev–Trinajstić information content (AvgIpc) is 3.26. The first-order chi connectivity index (χ1) is 15.9. The molecule has 1 aliphatic carbocycles. The molecule has 2 aliphatic rings. The summed E-state index contributed by atoms with van der Waals surface area (Å²) < 4.78 is 53.7. The SMILES string of the molecule is CC(N(Cc1ccc(F)cc1)C(=O)CN1C(=O)N[C@]2(CCc3cccc(O)c32)C1=O)C(F)(F)F. The van der Waals surface area contributed by atoms with Gasteiger partial charge in [-0.05, 0) is 49.1 Å². The highest BCUT2D eigenvalue weighted by atomic mass is 19.4. The van der Waals surface area contributed by atoms with Crippen LogP contribution in [0, 0.1) is 5.82 Å². The van der Waals surface area contributed by atoms with Crippen molar-refractivity contribution in [3.63, 3.8) is 0 Å². The number of imide groups is 1. The standard InChI is InChI=1S/C23H21F4N3O4/c1-13(23(25,26)27)29(11-14-5-7-16(24)8-6-14)18(32)12-30-20(33)22(28-21(30)34)10-9-15-3-2-4-17(31)19(15)22/h2-8,13,31H,9-12H2,1H3,(H,28,34)/t13?,22-/m0/s1. The number of benzene rings is 2. The molecule has 4 amide bonds. The van der Waals surface area contributed by atoms with Gasteiger partial charge in [-0.2, -0.15) is 13.2 Å². The van der Waals surface area contributed by atoms with Gasteiger partial charge in [0, 0.05) is 12.1 Å². The third-order valence-electron chi connectivity index (χ3n) is 6.32. The molecule has 0 bridgehead atoms. The minimum atomic E-state index is -4.77. The largest absolute Gasteiger partial charge is 0.508 e. The minimum absolute atomic E-state index is 0.146. The number of carbonyl (C=O) groups is 3. The topological polar surface area (TPSA) is 90.0 Å². The summed E-state index contributed by atoms with van der Waals surface area (Å²) in [5, 5.41) is 12.8. The Hall–Kier alpha value is -3.63. The van der Waals surface area contributed by atoms with Gasteiger partial charge in [0.1, 0.15) is 24.2 Å². The summed E-state index contributed by atoms with van der Waals surface area (Å²) in [4.78, 5) is 40.0. The van der Waals surface area contributed by atoms with Gasteiger partial charge in [0.25, 0.3) is 5.91 Å². The van der Waals surface area contributed by atoms with E-state index in [1.807, 2.05) is 0 Å². The number of nitrogens with one attached hydrogen (secondary N) is 1. The van der Waals surface area contributed by atoms with Crippen molar-refractivity contribution in [2.24, 2.45) is 0 Å². The molecule has 2 N–H and O–H groups in total. The van der Waals surface area contributed by atoms with E-state index in [2.05, 4.69) is 5.32 Å². The molecule has 1 spiro atoms. The van der Waals surface area contributed by atoms with E-state index < -0.39 is 54.5 Å². The Morgan fingerprint density at radius 1 is 1.21 bits per heavy atom. The number of rotatable bonds is 5. The second-order valence-electron chi connectivity index (χ2n) is 8.40. The molecule has 2 aromatic rings. The van der Waals surface area contributed by atoms with Gasteiger partial charge in [0.2, 0.25) is 5.91 Å². The van der Waals surface area contributed by atoms with E-state index in [-0.39, 0.29) is 23.3 Å². The molecular weight excluding hydrogens is 458 g/mol. The molecule has 0 aromatic heterocycles. The number of hydrogen-bond donors (Lipinski definition) is 2. The Bertz CT molecular complexity index is 1150. The Kier molecular flexibility index (Phi) is 5.74. The number of carbonyl (C=O) groups excluding carboxylic acids is 3. The third-order valence-corrected chi connectivity index (χ3v) is 6.32. The molecule has 1 unspecified atom stereocenters. The van der Waals surface area contributed by atoms with Gasteiger partial charge in [-0.25, -0.2) is 9.18 Å². The van der Waals surface area contributed by atoms with E-state index in [0.29, 0.717) is 21.8 Å². The first-order valence-electron chi connectivity index (χ1n) is 10.5. The molecule has 0 radical (unpaired) electrons. The van der Waals surface area contributed by atoms with Crippen LogP contribution in [0.5, 0.6) is 5.75 Å². The number of phenolic OH excluding ortho intramolecular Hbond substituents is 1. The number of halogens is 4. The predicted octanol–water partition coefficient (Wildman–Crippen LogP) is 3.20. The quantitative estimate of drug-likeness (QED) is 0.509. The van der Waals surface area contributed by atoms with Gasteiger partial charge in [0.05, 0.1) is 0 Å². The highest BCUT2D eigenvalue weighted by Crippen LogP contribution is 2.45. The predicted molar refractivity (Wildman–Crippen MR) is 111 cm³/mol. The zero-order valence-electron chi connectivity index (χ0n) is 18.0. The van der Waals surface area contributed by atoms with Crippen LogP contribution in [-0.4, -0.2) is 51.5 Å². The molecule has 34 heavy (non-hydrogen) atoms. The number of aromatic hydroxyl groups is 1. The second-order valence-corrected chi connectivity index (χ2v) is 8.40. The zero-order chi connectivity index (χ0) is 24.8. The molecule has 4 rings (SSSR count). The summed E-state index contributed by atoms with van der Waals surface area (Å²) in [7, 11) is 0. The fourth-order valence-corrected chi connectivity index (χ4v) is 4.47. The number of fused-ring (bicyclic) bond motifs is 2. The van der Waals surface area contributed by atoms with Crippen molar-refractivity contribution in [3.8, 4) is 5.75 Å². The van der Waals surface area contributed by atoms with E-state index >= 15 is 0 Å². The molecule has 180 valence electrons. The molecule has 7 nitrogen and oxygen atoms in total. The molecule has 1 heterocycles. The highest BCUT2D eigenvalue weighted by Gasteiger charge is 2.57. The Labute approximate surface area is 192 Å². The molecule has 1 fully saturated rings. The molecule has 1 saturated heterocycles. The van der Waals surface area contributed by atoms with Crippen LogP contribution < -0.4 is 5.32 Å². The molecule has 1 aliphatic heterocycles. The van der Waals surface area contributed by atoms with Crippen LogP contribution in [0.15, 0.2) is 42.5 Å². The van der Waals surface area contributed by atoms with Gasteiger partial charge in [-0.15, -0.1) is 0 Å². The summed E-state index contributed by atoms with van der Waals surface area (Å²) in [6.45, 7) is -0.630. The van der Waals surface area contributed by atoms with Crippen LogP contribution in [0.4, 0.5) is 22.4 Å². The lowest BCUT2D eigenvalue weighted by Gasteiger charge is -2.32. The maximum absolute atomic E-state index is 13.5. The number of alkyl halides is 3. The first-order valence-corrected chi connectivity index (χ1v) is 10.5. The van der Waals surface area contributed by atoms with Crippen LogP contribution in [0.25, 0.3) is 0 Å². The summed E-state index contributed by atoms with van der Waals surface area (Å²) >= 11 is 0. The van der Waals surface area contributed by atoms with Crippen LogP contribution >= 0.6 is 0 Å². The molecule has 2 atom stereocenters. The van der Waals surface area contributed by atoms with Gasteiger partial charge in [-0.3, -0.25) is 14.5 Å². The normalized spacial score (nSPS) is 20.4. The number of urea groups is 1. The minimum Gasteiger partial charge on any atom is -0.508 e. The third kappa shape index (κ3) is 3.95. The number of hydrogen-bond acceptors (Lipinski definition) is 4. The summed E-state index contributed by atoms with van der Waals surface area (Å²) in [6.07, 6.45) is -4.24. The lowest BCUT2D eigenvalue weighted by atomic mass is 9.91. The Balaban J connectivity index is 1.60. The monoisotopic (exact) mass is 479 g/mol. The van der Waals surface area contributed by atoms with Crippen LogP contribution in [-0.2, 0) is 28.1 Å². The average molecular weight is 479 g/mol. The van der Waals surface area contributed by atoms with Gasteiger partial charge in [-0.1, -0.05) is 24.3 Å². The molecule has 0 saturated carbocycles. The smallest absolute Gasteiger partial charge is 0.408 e. The van der Waals surface area contributed by atoms with E-state index in [0.717, 1.165) is 19.1 Å². The van der Waals surface area contributed by atoms with Crippen molar-refractivity contribution in [3.05, 3.63) is 65.0 Å². The van der Waals surface area contributed by atoms with E-state index in [9.17, 15) is 37.1 Å². The van der Waals surface area contributed by atoms with Gasteiger partial charge >= 0.3 is 12.2 Å².